The quantitative estimate of drug-likeness (QED) is 0.338. The molecule has 4 aromatic rings. The van der Waals surface area contributed by atoms with Gasteiger partial charge in [-0.1, -0.05) is 61.9 Å². The Morgan fingerprint density at radius 3 is 1.97 bits per heavy atom. The third-order valence-corrected chi connectivity index (χ3v) is 6.53. The summed E-state index contributed by atoms with van der Waals surface area (Å²) in [5.41, 5.74) is 4.36. The molecule has 0 saturated heterocycles. The number of amides is 2. The van der Waals surface area contributed by atoms with Crippen molar-refractivity contribution in [2.75, 3.05) is 4.90 Å². The number of phenols is 1. The molecule has 1 aliphatic heterocycles. The molecule has 174 valence electrons. The van der Waals surface area contributed by atoms with Crippen molar-refractivity contribution in [2.24, 2.45) is 0 Å². The molecule has 0 atom stereocenters. The number of anilines is 1. The number of carbonyl (C=O) groups is 2. The molecule has 0 aliphatic carbocycles. The van der Waals surface area contributed by atoms with Crippen LogP contribution < -0.4 is 9.64 Å². The smallest absolute Gasteiger partial charge is 0.266 e. The number of carbonyl (C=O) groups excluding carboxylic acids is 2. The summed E-state index contributed by atoms with van der Waals surface area (Å²) in [4.78, 5) is 26.9. The van der Waals surface area contributed by atoms with Crippen LogP contribution in [0.1, 0.15) is 51.3 Å². The van der Waals surface area contributed by atoms with Gasteiger partial charge in [0.1, 0.15) is 17.2 Å². The Labute approximate surface area is 204 Å². The fourth-order valence-corrected chi connectivity index (χ4v) is 4.36. The van der Waals surface area contributed by atoms with Gasteiger partial charge in [-0.3, -0.25) is 9.59 Å². The normalized spacial score (nSPS) is 13.2. The standard InChI is InChI=1S/C30H25NO4/c1-19-7-9-20(10-8-19)30(2,3)21-11-13-24(14-12-21)35-25-15-16-26-27(18-25)29(34)31(28(26)33)22-5-4-6-23(32)17-22/h4-18,32H,1-3H3. The van der Waals surface area contributed by atoms with Gasteiger partial charge in [0.2, 0.25) is 0 Å². The molecule has 0 bridgehead atoms. The third kappa shape index (κ3) is 4.06. The van der Waals surface area contributed by atoms with Crippen LogP contribution in [0.2, 0.25) is 0 Å². The predicted octanol–water partition coefficient (Wildman–Crippen LogP) is 6.62. The van der Waals surface area contributed by atoms with Gasteiger partial charge in [-0.15, -0.1) is 0 Å². The summed E-state index contributed by atoms with van der Waals surface area (Å²) in [6.07, 6.45) is 0. The monoisotopic (exact) mass is 463 g/mol. The van der Waals surface area contributed by atoms with E-state index >= 15 is 0 Å². The highest BCUT2D eigenvalue weighted by Gasteiger charge is 2.37. The van der Waals surface area contributed by atoms with Crippen LogP contribution in [-0.2, 0) is 5.41 Å². The average Bonchev–Trinajstić information content (AvgIpc) is 3.09. The van der Waals surface area contributed by atoms with Crippen molar-refractivity contribution in [2.45, 2.75) is 26.2 Å². The Balaban J connectivity index is 1.37. The first-order chi connectivity index (χ1) is 16.7. The van der Waals surface area contributed by atoms with Gasteiger partial charge < -0.3 is 9.84 Å². The van der Waals surface area contributed by atoms with Gasteiger partial charge in [0, 0.05) is 11.5 Å². The zero-order chi connectivity index (χ0) is 24.7. The Kier molecular flexibility index (Phi) is 5.40. The molecule has 0 aromatic heterocycles. The van der Waals surface area contributed by atoms with E-state index in [1.165, 1.54) is 23.3 Å². The van der Waals surface area contributed by atoms with E-state index < -0.39 is 11.8 Å². The highest BCUT2D eigenvalue weighted by atomic mass is 16.5. The first-order valence-electron chi connectivity index (χ1n) is 11.4. The molecule has 1 aliphatic rings. The number of phenolic OH excluding ortho intramolecular Hbond substituents is 1. The molecule has 0 spiro atoms. The van der Waals surface area contributed by atoms with Crippen molar-refractivity contribution >= 4 is 17.5 Å². The van der Waals surface area contributed by atoms with Gasteiger partial charge in [0.15, 0.2) is 0 Å². The number of ether oxygens (including phenoxy) is 1. The highest BCUT2D eigenvalue weighted by Crippen LogP contribution is 2.35. The van der Waals surface area contributed by atoms with Crippen molar-refractivity contribution in [1.82, 2.24) is 0 Å². The van der Waals surface area contributed by atoms with Gasteiger partial charge >= 0.3 is 0 Å². The molecular formula is C30H25NO4. The molecule has 5 rings (SSSR count). The maximum atomic E-state index is 13.0. The lowest BCUT2D eigenvalue weighted by molar-refractivity contribution is 0.0926. The van der Waals surface area contributed by atoms with E-state index in [1.807, 2.05) is 24.3 Å². The van der Waals surface area contributed by atoms with Crippen molar-refractivity contribution in [3.63, 3.8) is 0 Å². The second-order valence-corrected chi connectivity index (χ2v) is 9.29. The van der Waals surface area contributed by atoms with E-state index in [2.05, 4.69) is 45.0 Å². The lowest BCUT2D eigenvalue weighted by Gasteiger charge is -2.26. The Hall–Kier alpha value is -4.38. The summed E-state index contributed by atoms with van der Waals surface area (Å²) >= 11 is 0. The number of benzene rings is 4. The molecule has 1 heterocycles. The molecule has 0 fully saturated rings. The van der Waals surface area contributed by atoms with Gasteiger partial charge in [-0.25, -0.2) is 4.90 Å². The Bertz CT molecular complexity index is 1440. The molecule has 5 heteroatoms. The summed E-state index contributed by atoms with van der Waals surface area (Å²) in [5.74, 6) is 0.210. The SMILES string of the molecule is Cc1ccc(C(C)(C)c2ccc(Oc3ccc4c(c3)C(=O)N(c3cccc(O)c3)C4=O)cc2)cc1. The number of rotatable bonds is 5. The first-order valence-corrected chi connectivity index (χ1v) is 11.4. The summed E-state index contributed by atoms with van der Waals surface area (Å²) in [7, 11) is 0. The molecule has 0 saturated carbocycles. The lowest BCUT2D eigenvalue weighted by atomic mass is 9.78. The van der Waals surface area contributed by atoms with Crippen LogP contribution in [0.25, 0.3) is 0 Å². The first kappa shape index (κ1) is 22.4. The maximum Gasteiger partial charge on any atom is 0.266 e. The molecule has 35 heavy (non-hydrogen) atoms. The molecule has 4 aromatic carbocycles. The molecular weight excluding hydrogens is 438 g/mol. The van der Waals surface area contributed by atoms with E-state index in [4.69, 9.17) is 4.74 Å². The van der Waals surface area contributed by atoms with E-state index in [0.717, 1.165) is 10.5 Å². The van der Waals surface area contributed by atoms with Gasteiger partial charge in [-0.2, -0.15) is 0 Å². The summed E-state index contributed by atoms with van der Waals surface area (Å²) < 4.78 is 6.01. The van der Waals surface area contributed by atoms with Crippen LogP contribution in [-0.4, -0.2) is 16.9 Å². The van der Waals surface area contributed by atoms with Gasteiger partial charge in [0.25, 0.3) is 11.8 Å². The second kappa shape index (κ2) is 8.44. The number of fused-ring (bicyclic) bond motifs is 1. The van der Waals surface area contributed by atoms with Crippen LogP contribution in [0.15, 0.2) is 91.0 Å². The molecule has 2 amide bonds. The Morgan fingerprint density at radius 2 is 1.31 bits per heavy atom. The predicted molar refractivity (Wildman–Crippen MR) is 136 cm³/mol. The van der Waals surface area contributed by atoms with Crippen LogP contribution in [0.5, 0.6) is 17.2 Å². The summed E-state index contributed by atoms with van der Waals surface area (Å²) in [6, 6.07) is 27.4. The van der Waals surface area contributed by atoms with Crippen LogP contribution in [0.4, 0.5) is 5.69 Å². The van der Waals surface area contributed by atoms with Crippen molar-refractivity contribution in [1.29, 1.82) is 0 Å². The fraction of sp³-hybridized carbons (Fsp3) is 0.133. The third-order valence-electron chi connectivity index (χ3n) is 6.53. The number of hydrogen-bond acceptors (Lipinski definition) is 4. The van der Waals surface area contributed by atoms with E-state index in [1.54, 1.807) is 30.3 Å². The fourth-order valence-electron chi connectivity index (χ4n) is 4.36. The number of nitrogens with zero attached hydrogens (tertiary/aromatic N) is 1. The van der Waals surface area contributed by atoms with Crippen LogP contribution in [0, 0.1) is 6.92 Å². The topological polar surface area (TPSA) is 66.8 Å². The molecule has 0 unspecified atom stereocenters. The minimum Gasteiger partial charge on any atom is -0.508 e. The average molecular weight is 464 g/mol. The summed E-state index contributed by atoms with van der Waals surface area (Å²) in [6.45, 7) is 6.46. The minimum atomic E-state index is -0.448. The van der Waals surface area contributed by atoms with E-state index in [-0.39, 0.29) is 16.7 Å². The second-order valence-electron chi connectivity index (χ2n) is 9.29. The number of aromatic hydroxyl groups is 1. The van der Waals surface area contributed by atoms with Crippen molar-refractivity contribution in [3.05, 3.63) is 119 Å². The number of hydrogen-bond donors (Lipinski definition) is 1. The van der Waals surface area contributed by atoms with Gasteiger partial charge in [0.05, 0.1) is 16.8 Å². The van der Waals surface area contributed by atoms with E-state index in [9.17, 15) is 14.7 Å². The Morgan fingerprint density at radius 1 is 0.714 bits per heavy atom. The van der Waals surface area contributed by atoms with Crippen LogP contribution >= 0.6 is 0 Å². The number of aryl methyl sites for hydroxylation is 1. The van der Waals surface area contributed by atoms with Crippen molar-refractivity contribution < 1.29 is 19.4 Å². The largest absolute Gasteiger partial charge is 0.508 e. The lowest BCUT2D eigenvalue weighted by Crippen LogP contribution is -2.29. The maximum absolute atomic E-state index is 13.0. The minimum absolute atomic E-state index is 0.0166. The molecule has 5 nitrogen and oxygen atoms in total. The van der Waals surface area contributed by atoms with Crippen LogP contribution in [0.3, 0.4) is 0 Å². The van der Waals surface area contributed by atoms with Gasteiger partial charge in [-0.05, 0) is 60.5 Å². The zero-order valence-electron chi connectivity index (χ0n) is 19.8. The molecule has 0 radical (unpaired) electrons. The number of imide groups is 1. The van der Waals surface area contributed by atoms with E-state index in [0.29, 0.717) is 22.7 Å². The molecule has 1 N–H and O–H groups in total. The van der Waals surface area contributed by atoms with Crippen molar-refractivity contribution in [3.8, 4) is 17.2 Å². The zero-order valence-corrected chi connectivity index (χ0v) is 19.8. The highest BCUT2D eigenvalue weighted by molar-refractivity contribution is 6.34. The summed E-state index contributed by atoms with van der Waals surface area (Å²) in [5, 5.41) is 9.75.